The van der Waals surface area contributed by atoms with Crippen molar-refractivity contribution >= 4 is 25.8 Å². The molecule has 1 aliphatic carbocycles. The van der Waals surface area contributed by atoms with E-state index in [9.17, 15) is 39.2 Å². The van der Waals surface area contributed by atoms with Gasteiger partial charge in [-0.2, -0.15) is 17.5 Å². The Morgan fingerprint density at radius 2 is 1.65 bits per heavy atom. The highest BCUT2D eigenvalue weighted by Gasteiger charge is 2.48. The minimum Gasteiger partial charge on any atom is -0.335 e. The van der Waals surface area contributed by atoms with E-state index in [2.05, 4.69) is 0 Å². The van der Waals surface area contributed by atoms with Gasteiger partial charge in [0.1, 0.15) is 5.82 Å². The third-order valence-corrected chi connectivity index (χ3v) is 8.88. The SMILES string of the molecule is CS(=O)(=O)c1ccc(F)cc1C(=O)N1CC(N(C2CC2)S(=O)(=O)c2cccc(C(F)(F)F)c2)C1. The molecule has 13 heteroatoms. The van der Waals surface area contributed by atoms with Crippen LogP contribution in [0.2, 0.25) is 0 Å². The van der Waals surface area contributed by atoms with Crippen LogP contribution in [-0.2, 0) is 26.0 Å². The molecule has 1 amide bonds. The highest BCUT2D eigenvalue weighted by Crippen LogP contribution is 2.38. The van der Waals surface area contributed by atoms with Crippen molar-refractivity contribution in [1.29, 1.82) is 0 Å². The molecular formula is C21H20F4N2O5S2. The Hall–Kier alpha value is -2.51. The third kappa shape index (κ3) is 4.68. The molecule has 1 saturated carbocycles. The molecule has 7 nitrogen and oxygen atoms in total. The Kier molecular flexibility index (Phi) is 6.01. The van der Waals surface area contributed by atoms with E-state index in [1.54, 1.807) is 0 Å². The molecular weight excluding hydrogens is 500 g/mol. The van der Waals surface area contributed by atoms with Crippen molar-refractivity contribution in [2.24, 2.45) is 0 Å². The van der Waals surface area contributed by atoms with Crippen LogP contribution < -0.4 is 0 Å². The van der Waals surface area contributed by atoms with Crippen molar-refractivity contribution in [3.63, 3.8) is 0 Å². The Balaban J connectivity index is 1.58. The van der Waals surface area contributed by atoms with Crippen LogP contribution in [-0.4, -0.2) is 63.4 Å². The van der Waals surface area contributed by atoms with Gasteiger partial charge in [-0.05, 0) is 49.2 Å². The summed E-state index contributed by atoms with van der Waals surface area (Å²) in [5.41, 5.74) is -1.45. The molecule has 2 fully saturated rings. The lowest BCUT2D eigenvalue weighted by Crippen LogP contribution is -2.62. The van der Waals surface area contributed by atoms with Crippen molar-refractivity contribution in [2.45, 2.75) is 40.9 Å². The second kappa shape index (κ2) is 8.31. The number of likely N-dealkylation sites (tertiary alicyclic amines) is 1. The first kappa shape index (κ1) is 24.6. The predicted molar refractivity (Wildman–Crippen MR) is 113 cm³/mol. The summed E-state index contributed by atoms with van der Waals surface area (Å²) in [4.78, 5) is 13.2. The first-order valence-corrected chi connectivity index (χ1v) is 13.5. The molecule has 2 aromatic rings. The van der Waals surface area contributed by atoms with Gasteiger partial charge in [0.05, 0.1) is 27.0 Å². The quantitative estimate of drug-likeness (QED) is 0.432. The number of carbonyl (C=O) groups is 1. The van der Waals surface area contributed by atoms with Crippen LogP contribution in [0.25, 0.3) is 0 Å². The van der Waals surface area contributed by atoms with Gasteiger partial charge in [0, 0.05) is 25.4 Å². The van der Waals surface area contributed by atoms with Crippen molar-refractivity contribution < 1.29 is 39.2 Å². The molecule has 0 spiro atoms. The maximum Gasteiger partial charge on any atom is 0.416 e. The number of sulfonamides is 1. The van der Waals surface area contributed by atoms with E-state index < -0.39 is 60.3 Å². The lowest BCUT2D eigenvalue weighted by Gasteiger charge is -2.45. The minimum absolute atomic E-state index is 0.104. The van der Waals surface area contributed by atoms with Crippen molar-refractivity contribution in [2.75, 3.05) is 19.3 Å². The third-order valence-electron chi connectivity index (χ3n) is 5.72. The van der Waals surface area contributed by atoms with Crippen LogP contribution in [0.3, 0.4) is 0 Å². The van der Waals surface area contributed by atoms with Crippen LogP contribution in [0, 0.1) is 5.82 Å². The molecule has 0 aromatic heterocycles. The largest absolute Gasteiger partial charge is 0.416 e. The lowest BCUT2D eigenvalue weighted by molar-refractivity contribution is -0.137. The summed E-state index contributed by atoms with van der Waals surface area (Å²) < 4.78 is 105. The van der Waals surface area contributed by atoms with Crippen molar-refractivity contribution in [3.05, 3.63) is 59.4 Å². The number of carbonyl (C=O) groups excluding carboxylic acids is 1. The second-order valence-corrected chi connectivity index (χ2v) is 12.2. The molecule has 2 aromatic carbocycles. The molecule has 34 heavy (non-hydrogen) atoms. The number of hydrogen-bond donors (Lipinski definition) is 0. The first-order valence-electron chi connectivity index (χ1n) is 10.2. The molecule has 4 rings (SSSR count). The van der Waals surface area contributed by atoms with Crippen LogP contribution in [0.15, 0.2) is 52.3 Å². The number of alkyl halides is 3. The number of amides is 1. The summed E-state index contributed by atoms with van der Waals surface area (Å²) in [6, 6.07) is 5.09. The molecule has 1 heterocycles. The number of rotatable bonds is 6. The van der Waals surface area contributed by atoms with E-state index in [0.29, 0.717) is 18.9 Å². The van der Waals surface area contributed by atoms with Gasteiger partial charge in [-0.25, -0.2) is 21.2 Å². The Bertz CT molecular complexity index is 1350. The number of halogens is 4. The molecule has 0 unspecified atom stereocenters. The first-order chi connectivity index (χ1) is 15.7. The molecule has 0 radical (unpaired) electrons. The zero-order chi connectivity index (χ0) is 25.1. The van der Waals surface area contributed by atoms with Gasteiger partial charge in [0.15, 0.2) is 9.84 Å². The zero-order valence-corrected chi connectivity index (χ0v) is 19.4. The average Bonchev–Trinajstić information content (AvgIpc) is 3.53. The lowest BCUT2D eigenvalue weighted by atomic mass is 10.1. The fraction of sp³-hybridized carbons (Fsp3) is 0.381. The van der Waals surface area contributed by atoms with Crippen LogP contribution in [0.5, 0.6) is 0 Å². The van der Waals surface area contributed by atoms with E-state index in [1.165, 1.54) is 4.90 Å². The van der Waals surface area contributed by atoms with Crippen LogP contribution in [0.4, 0.5) is 17.6 Å². The standard InChI is InChI=1S/C21H20F4N2O5S2/c1-33(29,30)19-8-5-14(22)10-18(19)20(28)26-11-16(12-26)27(15-6-7-15)34(31,32)17-4-2-3-13(9-17)21(23,24)25/h2-5,8-10,15-16H,6-7,11-12H2,1H3. The maximum absolute atomic E-state index is 13.7. The van der Waals surface area contributed by atoms with Gasteiger partial charge >= 0.3 is 6.18 Å². The minimum atomic E-state index is -4.71. The smallest absolute Gasteiger partial charge is 0.335 e. The van der Waals surface area contributed by atoms with E-state index in [4.69, 9.17) is 0 Å². The number of sulfone groups is 1. The van der Waals surface area contributed by atoms with Gasteiger partial charge in [-0.1, -0.05) is 6.07 Å². The predicted octanol–water partition coefficient (Wildman–Crippen LogP) is 2.93. The molecule has 0 N–H and O–H groups in total. The van der Waals surface area contributed by atoms with Crippen molar-refractivity contribution in [3.8, 4) is 0 Å². The Labute approximate surface area is 193 Å². The topological polar surface area (TPSA) is 91.8 Å². The van der Waals surface area contributed by atoms with Gasteiger partial charge in [0.25, 0.3) is 5.91 Å². The summed E-state index contributed by atoms with van der Waals surface area (Å²) in [5.74, 6) is -1.58. The van der Waals surface area contributed by atoms with Crippen LogP contribution >= 0.6 is 0 Å². The highest BCUT2D eigenvalue weighted by atomic mass is 32.2. The summed E-state index contributed by atoms with van der Waals surface area (Å²) in [6.45, 7) is -0.208. The second-order valence-electron chi connectivity index (χ2n) is 8.37. The molecule has 0 atom stereocenters. The number of benzene rings is 2. The Morgan fingerprint density at radius 1 is 1.00 bits per heavy atom. The molecule has 2 aliphatic rings. The molecule has 1 aliphatic heterocycles. The monoisotopic (exact) mass is 520 g/mol. The molecule has 1 saturated heterocycles. The molecule has 0 bridgehead atoms. The Morgan fingerprint density at radius 3 is 2.21 bits per heavy atom. The number of nitrogens with zero attached hydrogens (tertiary/aromatic N) is 2. The van der Waals surface area contributed by atoms with E-state index in [1.807, 2.05) is 0 Å². The van der Waals surface area contributed by atoms with E-state index in [0.717, 1.165) is 47.0 Å². The molecule has 184 valence electrons. The van der Waals surface area contributed by atoms with Gasteiger partial charge in [-0.15, -0.1) is 0 Å². The fourth-order valence-electron chi connectivity index (χ4n) is 3.92. The summed E-state index contributed by atoms with van der Waals surface area (Å²) in [7, 11) is -8.13. The van der Waals surface area contributed by atoms with E-state index >= 15 is 0 Å². The normalized spacial score (nSPS) is 17.6. The highest BCUT2D eigenvalue weighted by molar-refractivity contribution is 7.90. The zero-order valence-electron chi connectivity index (χ0n) is 17.8. The summed E-state index contributed by atoms with van der Waals surface area (Å²) in [6.07, 6.45) is -2.76. The van der Waals surface area contributed by atoms with Gasteiger partial charge < -0.3 is 4.90 Å². The number of hydrogen-bond acceptors (Lipinski definition) is 5. The average molecular weight is 521 g/mol. The van der Waals surface area contributed by atoms with Crippen LogP contribution in [0.1, 0.15) is 28.8 Å². The van der Waals surface area contributed by atoms with Crippen molar-refractivity contribution in [1.82, 2.24) is 9.21 Å². The fourth-order valence-corrected chi connectivity index (χ4v) is 6.68. The van der Waals surface area contributed by atoms with E-state index in [-0.39, 0.29) is 23.5 Å². The maximum atomic E-state index is 13.7. The summed E-state index contributed by atoms with van der Waals surface area (Å²) in [5, 5.41) is 0. The van der Waals surface area contributed by atoms with Gasteiger partial charge in [-0.3, -0.25) is 4.79 Å². The summed E-state index contributed by atoms with van der Waals surface area (Å²) >= 11 is 0. The van der Waals surface area contributed by atoms with Gasteiger partial charge in [0.2, 0.25) is 10.0 Å².